The number of nitrogens with one attached hydrogen (secondary N) is 2. The fourth-order valence-electron chi connectivity index (χ4n) is 4.09. The van der Waals surface area contributed by atoms with Gasteiger partial charge in [0.05, 0.1) is 25.8 Å². The Morgan fingerprint density at radius 2 is 1.76 bits per heavy atom. The number of benzene rings is 2. The molecule has 2 aliphatic rings. The van der Waals surface area contributed by atoms with Gasteiger partial charge in [0, 0.05) is 18.9 Å². The van der Waals surface area contributed by atoms with Gasteiger partial charge in [-0.05, 0) is 37.1 Å². The number of urea groups is 1. The molecule has 2 aromatic carbocycles. The third-order valence-electron chi connectivity index (χ3n) is 6.05. The zero-order valence-corrected chi connectivity index (χ0v) is 19.3. The van der Waals surface area contributed by atoms with Gasteiger partial charge in [0.15, 0.2) is 17.3 Å². The Balaban J connectivity index is 1.49. The number of carbonyl (C=O) groups excluding carboxylic acids is 4. The molecule has 0 radical (unpaired) electrons. The van der Waals surface area contributed by atoms with Gasteiger partial charge in [0.1, 0.15) is 5.54 Å². The van der Waals surface area contributed by atoms with Crippen molar-refractivity contribution in [2.24, 2.45) is 0 Å². The van der Waals surface area contributed by atoms with Crippen LogP contribution in [0.4, 0.5) is 4.79 Å². The average Bonchev–Trinajstić information content (AvgIpc) is 2.97. The molecule has 1 fully saturated rings. The topological polar surface area (TPSA) is 114 Å². The molecule has 9 heteroatoms. The number of amides is 4. The monoisotopic (exact) mass is 465 g/mol. The van der Waals surface area contributed by atoms with Gasteiger partial charge < -0.3 is 20.1 Å². The van der Waals surface area contributed by atoms with Crippen LogP contribution in [-0.4, -0.2) is 48.3 Å². The molecule has 2 atom stereocenters. The number of imide groups is 1. The summed E-state index contributed by atoms with van der Waals surface area (Å²) in [6.07, 6.45) is 0.750. The van der Waals surface area contributed by atoms with Crippen LogP contribution >= 0.6 is 0 Å². The molecule has 0 aromatic heterocycles. The second-order valence-electron chi connectivity index (χ2n) is 8.63. The van der Waals surface area contributed by atoms with Crippen molar-refractivity contribution in [2.45, 2.75) is 38.8 Å². The van der Waals surface area contributed by atoms with Gasteiger partial charge >= 0.3 is 6.03 Å². The first-order valence-electron chi connectivity index (χ1n) is 11.1. The Morgan fingerprint density at radius 1 is 1.09 bits per heavy atom. The lowest BCUT2D eigenvalue weighted by atomic mass is 9.91. The smallest absolute Gasteiger partial charge is 0.325 e. The maximum absolute atomic E-state index is 13.3. The third-order valence-corrected chi connectivity index (χ3v) is 6.05. The average molecular weight is 466 g/mol. The standard InChI is InChI=1S/C25H27N3O6/c1-15(26-16(2)29)17-5-7-18(8-6-17)20(30)14-28-23(31)25(3,27-24(28)32)19-9-10-21-22(13-19)34-12-4-11-33-21/h5-10,13,15H,4,11-12,14H2,1-3H3,(H,26,29)(H,27,32)/t15-,25-/m0/s1. The van der Waals surface area contributed by atoms with E-state index in [4.69, 9.17) is 9.47 Å². The van der Waals surface area contributed by atoms with Crippen LogP contribution in [0.3, 0.4) is 0 Å². The molecule has 9 nitrogen and oxygen atoms in total. The Labute approximate surface area is 197 Å². The zero-order chi connectivity index (χ0) is 24.5. The minimum Gasteiger partial charge on any atom is -0.490 e. The minimum absolute atomic E-state index is 0.150. The normalized spacial score (nSPS) is 20.4. The van der Waals surface area contributed by atoms with Gasteiger partial charge in [-0.2, -0.15) is 0 Å². The summed E-state index contributed by atoms with van der Waals surface area (Å²) < 4.78 is 11.4. The molecule has 4 rings (SSSR count). The molecule has 0 aliphatic carbocycles. The van der Waals surface area contributed by atoms with Crippen LogP contribution in [-0.2, 0) is 15.1 Å². The summed E-state index contributed by atoms with van der Waals surface area (Å²) in [7, 11) is 0. The van der Waals surface area contributed by atoms with E-state index in [9.17, 15) is 19.2 Å². The van der Waals surface area contributed by atoms with Crippen molar-refractivity contribution in [3.05, 3.63) is 59.2 Å². The molecule has 4 amide bonds. The van der Waals surface area contributed by atoms with Crippen molar-refractivity contribution < 1.29 is 28.7 Å². The molecule has 2 aromatic rings. The molecule has 2 heterocycles. The maximum Gasteiger partial charge on any atom is 0.325 e. The third kappa shape index (κ3) is 4.46. The van der Waals surface area contributed by atoms with Gasteiger partial charge in [-0.25, -0.2) is 4.79 Å². The van der Waals surface area contributed by atoms with Crippen molar-refractivity contribution in [1.82, 2.24) is 15.5 Å². The zero-order valence-electron chi connectivity index (χ0n) is 19.3. The van der Waals surface area contributed by atoms with E-state index in [2.05, 4.69) is 10.6 Å². The molecule has 34 heavy (non-hydrogen) atoms. The van der Waals surface area contributed by atoms with E-state index in [1.54, 1.807) is 49.4 Å². The van der Waals surface area contributed by atoms with E-state index < -0.39 is 17.5 Å². The predicted octanol–water partition coefficient (Wildman–Crippen LogP) is 2.69. The van der Waals surface area contributed by atoms with Crippen molar-refractivity contribution in [3.8, 4) is 11.5 Å². The number of Topliss-reactive ketones (excluding diaryl/α,β-unsaturated/α-hetero) is 1. The Bertz CT molecular complexity index is 1150. The summed E-state index contributed by atoms with van der Waals surface area (Å²) in [5, 5.41) is 5.50. The van der Waals surface area contributed by atoms with Crippen molar-refractivity contribution >= 4 is 23.6 Å². The lowest BCUT2D eigenvalue weighted by Crippen LogP contribution is -2.41. The fraction of sp³-hybridized carbons (Fsp3) is 0.360. The Hall–Kier alpha value is -3.88. The number of hydrogen-bond acceptors (Lipinski definition) is 6. The van der Waals surface area contributed by atoms with Crippen LogP contribution in [0.15, 0.2) is 42.5 Å². The van der Waals surface area contributed by atoms with E-state index in [0.717, 1.165) is 16.9 Å². The molecule has 0 bridgehead atoms. The Kier molecular flexibility index (Phi) is 6.28. The number of rotatable bonds is 6. The number of ketones is 1. The van der Waals surface area contributed by atoms with Gasteiger partial charge in [0.25, 0.3) is 5.91 Å². The van der Waals surface area contributed by atoms with E-state index >= 15 is 0 Å². The summed E-state index contributed by atoms with van der Waals surface area (Å²) in [5.41, 5.74) is 0.410. The maximum atomic E-state index is 13.3. The number of ether oxygens (including phenoxy) is 2. The van der Waals surface area contributed by atoms with Gasteiger partial charge in [0.2, 0.25) is 5.91 Å². The van der Waals surface area contributed by atoms with Crippen molar-refractivity contribution in [3.63, 3.8) is 0 Å². The van der Waals surface area contributed by atoms with Crippen LogP contribution in [0, 0.1) is 0 Å². The minimum atomic E-state index is -1.33. The molecular formula is C25H27N3O6. The summed E-state index contributed by atoms with van der Waals surface area (Å²) in [6.45, 7) is 5.54. The first kappa shape index (κ1) is 23.3. The van der Waals surface area contributed by atoms with E-state index in [1.807, 2.05) is 6.92 Å². The highest BCUT2D eigenvalue weighted by atomic mass is 16.5. The molecule has 2 aliphatic heterocycles. The highest BCUT2D eigenvalue weighted by molar-refractivity contribution is 6.11. The van der Waals surface area contributed by atoms with Crippen LogP contribution in [0.25, 0.3) is 0 Å². The van der Waals surface area contributed by atoms with Crippen molar-refractivity contribution in [1.29, 1.82) is 0 Å². The van der Waals surface area contributed by atoms with Crippen LogP contribution in [0.1, 0.15) is 54.7 Å². The summed E-state index contributed by atoms with van der Waals surface area (Å²) in [4.78, 5) is 51.0. The van der Waals surface area contributed by atoms with Crippen LogP contribution in [0.2, 0.25) is 0 Å². The molecule has 0 spiro atoms. The number of carbonyl (C=O) groups is 4. The first-order chi connectivity index (χ1) is 16.2. The molecule has 178 valence electrons. The molecule has 2 N–H and O–H groups in total. The van der Waals surface area contributed by atoms with Gasteiger partial charge in [-0.1, -0.05) is 30.3 Å². The highest BCUT2D eigenvalue weighted by Crippen LogP contribution is 2.36. The summed E-state index contributed by atoms with van der Waals surface area (Å²) >= 11 is 0. The predicted molar refractivity (Wildman–Crippen MR) is 123 cm³/mol. The number of hydrogen-bond donors (Lipinski definition) is 2. The van der Waals surface area contributed by atoms with E-state index in [0.29, 0.717) is 35.8 Å². The summed E-state index contributed by atoms with van der Waals surface area (Å²) in [5.74, 6) is 0.0653. The lowest BCUT2D eigenvalue weighted by molar-refractivity contribution is -0.130. The van der Waals surface area contributed by atoms with Crippen LogP contribution < -0.4 is 20.1 Å². The first-order valence-corrected chi connectivity index (χ1v) is 11.1. The largest absolute Gasteiger partial charge is 0.490 e. The second-order valence-corrected chi connectivity index (χ2v) is 8.63. The quantitative estimate of drug-likeness (QED) is 0.501. The van der Waals surface area contributed by atoms with E-state index in [-0.39, 0.29) is 24.3 Å². The van der Waals surface area contributed by atoms with E-state index in [1.165, 1.54) is 6.92 Å². The summed E-state index contributed by atoms with van der Waals surface area (Å²) in [6, 6.07) is 11.0. The van der Waals surface area contributed by atoms with Crippen LogP contribution in [0.5, 0.6) is 11.5 Å². The fourth-order valence-corrected chi connectivity index (χ4v) is 4.09. The highest BCUT2D eigenvalue weighted by Gasteiger charge is 2.49. The Morgan fingerprint density at radius 3 is 2.44 bits per heavy atom. The van der Waals surface area contributed by atoms with Gasteiger partial charge in [-0.15, -0.1) is 0 Å². The number of nitrogens with zero attached hydrogens (tertiary/aromatic N) is 1. The van der Waals surface area contributed by atoms with Gasteiger partial charge in [-0.3, -0.25) is 19.3 Å². The molecule has 0 unspecified atom stereocenters. The second kappa shape index (κ2) is 9.17. The lowest BCUT2D eigenvalue weighted by Gasteiger charge is -2.23. The van der Waals surface area contributed by atoms with Crippen molar-refractivity contribution in [2.75, 3.05) is 19.8 Å². The molecule has 1 saturated heterocycles. The molecular weight excluding hydrogens is 438 g/mol. The SMILES string of the molecule is CC(=O)N[C@@H](C)c1ccc(C(=O)CN2C(=O)N[C@@](C)(c3ccc4c(c3)OCCCO4)C2=O)cc1. The molecule has 0 saturated carbocycles. The number of fused-ring (bicyclic) bond motifs is 1.